The number of benzene rings is 2. The Morgan fingerprint density at radius 1 is 1.21 bits per heavy atom. The van der Waals surface area contributed by atoms with E-state index in [1.807, 2.05) is 48.5 Å². The standard InChI is InChI=1S/C15H12INO2/c16-11-5-3-6-12(9-11)17-15(18)14-8-10-4-1-2-7-13(10)19-14/h1-7,9,14H,8H2,(H,17,18)/t14-/m1/s1. The van der Waals surface area contributed by atoms with E-state index in [1.54, 1.807) is 0 Å². The summed E-state index contributed by atoms with van der Waals surface area (Å²) in [5, 5.41) is 2.89. The topological polar surface area (TPSA) is 38.3 Å². The summed E-state index contributed by atoms with van der Waals surface area (Å²) in [6, 6.07) is 15.5. The third kappa shape index (κ3) is 2.73. The van der Waals surface area contributed by atoms with Crippen LogP contribution in [-0.2, 0) is 11.2 Å². The molecular formula is C15H12INO2. The second kappa shape index (κ2) is 5.21. The predicted molar refractivity (Wildman–Crippen MR) is 82.4 cm³/mol. The van der Waals surface area contributed by atoms with E-state index in [0.717, 1.165) is 20.6 Å². The lowest BCUT2D eigenvalue weighted by molar-refractivity contribution is -0.122. The van der Waals surface area contributed by atoms with Crippen molar-refractivity contribution < 1.29 is 9.53 Å². The van der Waals surface area contributed by atoms with E-state index in [2.05, 4.69) is 27.9 Å². The Hall–Kier alpha value is -1.56. The van der Waals surface area contributed by atoms with Crippen LogP contribution in [0.15, 0.2) is 48.5 Å². The van der Waals surface area contributed by atoms with Gasteiger partial charge in [0, 0.05) is 15.7 Å². The summed E-state index contributed by atoms with van der Waals surface area (Å²) in [5.41, 5.74) is 1.89. The fraction of sp³-hybridized carbons (Fsp3) is 0.133. The first-order valence-electron chi connectivity index (χ1n) is 6.03. The lowest BCUT2D eigenvalue weighted by Crippen LogP contribution is -2.31. The molecule has 1 N–H and O–H groups in total. The average Bonchev–Trinajstić information content (AvgIpc) is 2.82. The van der Waals surface area contributed by atoms with Gasteiger partial charge in [0.25, 0.3) is 5.91 Å². The normalized spacial score (nSPS) is 16.6. The van der Waals surface area contributed by atoms with E-state index in [-0.39, 0.29) is 5.91 Å². The molecule has 19 heavy (non-hydrogen) atoms. The first-order chi connectivity index (χ1) is 9.22. The van der Waals surface area contributed by atoms with Crippen molar-refractivity contribution in [3.63, 3.8) is 0 Å². The van der Waals surface area contributed by atoms with Crippen LogP contribution in [0.1, 0.15) is 5.56 Å². The van der Waals surface area contributed by atoms with Crippen molar-refractivity contribution in [3.05, 3.63) is 57.7 Å². The lowest BCUT2D eigenvalue weighted by Gasteiger charge is -2.11. The third-order valence-corrected chi connectivity index (χ3v) is 3.70. The quantitative estimate of drug-likeness (QED) is 0.830. The predicted octanol–water partition coefficient (Wildman–Crippen LogP) is 3.23. The number of rotatable bonds is 2. The Bertz CT molecular complexity index is 602. The Morgan fingerprint density at radius 2 is 2.05 bits per heavy atom. The van der Waals surface area contributed by atoms with E-state index in [4.69, 9.17) is 4.74 Å². The third-order valence-electron chi connectivity index (χ3n) is 3.03. The van der Waals surface area contributed by atoms with Crippen LogP contribution in [0.2, 0.25) is 0 Å². The molecule has 2 aromatic rings. The summed E-state index contributed by atoms with van der Waals surface area (Å²) in [5.74, 6) is 0.712. The van der Waals surface area contributed by atoms with Crippen molar-refractivity contribution >= 4 is 34.2 Å². The molecule has 1 atom stereocenters. The number of amides is 1. The number of para-hydroxylation sites is 1. The maximum Gasteiger partial charge on any atom is 0.265 e. The van der Waals surface area contributed by atoms with E-state index in [0.29, 0.717) is 6.42 Å². The molecule has 4 heteroatoms. The van der Waals surface area contributed by atoms with Crippen molar-refractivity contribution in [2.45, 2.75) is 12.5 Å². The van der Waals surface area contributed by atoms with Crippen LogP contribution in [-0.4, -0.2) is 12.0 Å². The van der Waals surface area contributed by atoms with Crippen LogP contribution in [0.5, 0.6) is 5.75 Å². The van der Waals surface area contributed by atoms with Crippen LogP contribution < -0.4 is 10.1 Å². The molecule has 0 spiro atoms. The molecule has 96 valence electrons. The number of halogens is 1. The molecule has 3 rings (SSSR count). The highest BCUT2D eigenvalue weighted by Gasteiger charge is 2.28. The fourth-order valence-corrected chi connectivity index (χ4v) is 2.66. The zero-order valence-corrected chi connectivity index (χ0v) is 12.3. The highest BCUT2D eigenvalue weighted by atomic mass is 127. The molecule has 0 fully saturated rings. The van der Waals surface area contributed by atoms with Crippen LogP contribution in [0.25, 0.3) is 0 Å². The number of ether oxygens (including phenoxy) is 1. The van der Waals surface area contributed by atoms with E-state index in [9.17, 15) is 4.79 Å². The van der Waals surface area contributed by atoms with Crippen LogP contribution >= 0.6 is 22.6 Å². The van der Waals surface area contributed by atoms with Crippen molar-refractivity contribution in [1.82, 2.24) is 0 Å². The molecule has 1 heterocycles. The molecule has 0 saturated carbocycles. The van der Waals surface area contributed by atoms with Gasteiger partial charge in [-0.3, -0.25) is 4.79 Å². The SMILES string of the molecule is O=C(Nc1cccc(I)c1)[C@H]1Cc2ccccc2O1. The lowest BCUT2D eigenvalue weighted by atomic mass is 10.1. The molecule has 2 aromatic carbocycles. The molecular weight excluding hydrogens is 353 g/mol. The Kier molecular flexibility index (Phi) is 3.42. The molecule has 0 bridgehead atoms. The first kappa shape index (κ1) is 12.5. The van der Waals surface area contributed by atoms with Gasteiger partial charge in [0.2, 0.25) is 0 Å². The molecule has 1 aliphatic heterocycles. The summed E-state index contributed by atoms with van der Waals surface area (Å²) in [4.78, 5) is 12.2. The van der Waals surface area contributed by atoms with E-state index in [1.165, 1.54) is 0 Å². The number of hydrogen-bond donors (Lipinski definition) is 1. The zero-order chi connectivity index (χ0) is 13.2. The minimum Gasteiger partial charge on any atom is -0.480 e. The van der Waals surface area contributed by atoms with Gasteiger partial charge < -0.3 is 10.1 Å². The number of anilines is 1. The van der Waals surface area contributed by atoms with E-state index < -0.39 is 6.10 Å². The largest absolute Gasteiger partial charge is 0.480 e. The second-order valence-electron chi connectivity index (χ2n) is 4.42. The monoisotopic (exact) mass is 365 g/mol. The molecule has 0 radical (unpaired) electrons. The maximum absolute atomic E-state index is 12.2. The number of carbonyl (C=O) groups is 1. The van der Waals surface area contributed by atoms with Crippen molar-refractivity contribution in [2.75, 3.05) is 5.32 Å². The minimum atomic E-state index is -0.435. The zero-order valence-electron chi connectivity index (χ0n) is 10.1. The number of fused-ring (bicyclic) bond motifs is 1. The maximum atomic E-state index is 12.2. The molecule has 0 saturated heterocycles. The van der Waals surface area contributed by atoms with Gasteiger partial charge in [-0.15, -0.1) is 0 Å². The van der Waals surface area contributed by atoms with Gasteiger partial charge in [-0.05, 0) is 52.4 Å². The molecule has 1 amide bonds. The Labute approximate surface area is 125 Å². The molecule has 0 aromatic heterocycles. The van der Waals surface area contributed by atoms with Gasteiger partial charge in [0.05, 0.1) is 0 Å². The smallest absolute Gasteiger partial charge is 0.265 e. The van der Waals surface area contributed by atoms with Gasteiger partial charge >= 0.3 is 0 Å². The van der Waals surface area contributed by atoms with Gasteiger partial charge in [0.15, 0.2) is 6.10 Å². The van der Waals surface area contributed by atoms with E-state index >= 15 is 0 Å². The minimum absolute atomic E-state index is 0.0989. The van der Waals surface area contributed by atoms with Crippen LogP contribution in [0.3, 0.4) is 0 Å². The van der Waals surface area contributed by atoms with Gasteiger partial charge in [-0.2, -0.15) is 0 Å². The summed E-state index contributed by atoms with van der Waals surface area (Å²) in [7, 11) is 0. The molecule has 0 unspecified atom stereocenters. The molecule has 1 aliphatic rings. The highest BCUT2D eigenvalue weighted by Crippen LogP contribution is 2.28. The number of nitrogens with one attached hydrogen (secondary N) is 1. The van der Waals surface area contributed by atoms with Crippen LogP contribution in [0, 0.1) is 3.57 Å². The average molecular weight is 365 g/mol. The molecule has 0 aliphatic carbocycles. The van der Waals surface area contributed by atoms with Crippen molar-refractivity contribution in [1.29, 1.82) is 0 Å². The highest BCUT2D eigenvalue weighted by molar-refractivity contribution is 14.1. The van der Waals surface area contributed by atoms with Gasteiger partial charge in [-0.25, -0.2) is 0 Å². The Balaban J connectivity index is 1.70. The summed E-state index contributed by atoms with van der Waals surface area (Å²) in [6.07, 6.45) is 0.196. The number of hydrogen-bond acceptors (Lipinski definition) is 2. The summed E-state index contributed by atoms with van der Waals surface area (Å²) >= 11 is 2.22. The second-order valence-corrected chi connectivity index (χ2v) is 5.66. The van der Waals surface area contributed by atoms with Crippen molar-refractivity contribution in [3.8, 4) is 5.75 Å². The first-order valence-corrected chi connectivity index (χ1v) is 7.11. The van der Waals surface area contributed by atoms with Gasteiger partial charge in [0.1, 0.15) is 5.75 Å². The number of carbonyl (C=O) groups excluding carboxylic acids is 1. The van der Waals surface area contributed by atoms with Crippen molar-refractivity contribution in [2.24, 2.45) is 0 Å². The Morgan fingerprint density at radius 3 is 2.84 bits per heavy atom. The summed E-state index contributed by atoms with van der Waals surface area (Å²) < 4.78 is 6.75. The van der Waals surface area contributed by atoms with Crippen LogP contribution in [0.4, 0.5) is 5.69 Å². The fourth-order valence-electron chi connectivity index (χ4n) is 2.12. The summed E-state index contributed by atoms with van der Waals surface area (Å²) in [6.45, 7) is 0. The molecule has 3 nitrogen and oxygen atoms in total. The van der Waals surface area contributed by atoms with Gasteiger partial charge in [-0.1, -0.05) is 24.3 Å².